The first kappa shape index (κ1) is 7.80. The molecule has 1 aromatic heterocycles. The quantitative estimate of drug-likeness (QED) is 0.675. The lowest BCUT2D eigenvalue weighted by atomic mass is 10.1. The molecule has 0 spiro atoms. The first-order valence-electron chi connectivity index (χ1n) is 4.59. The fourth-order valence-electron chi connectivity index (χ4n) is 1.70. The van der Waals surface area contributed by atoms with Crippen LogP contribution in [-0.2, 0) is 0 Å². The Hall–Kier alpha value is -0.830. The molecule has 1 aromatic rings. The molecule has 0 aliphatic carbocycles. The summed E-state index contributed by atoms with van der Waals surface area (Å²) in [5, 5.41) is 7.79. The number of nitrogens with one attached hydrogen (secondary N) is 1. The highest BCUT2D eigenvalue weighted by Gasteiger charge is 2.14. The van der Waals surface area contributed by atoms with Crippen LogP contribution in [0.15, 0.2) is 12.3 Å². The predicted molar refractivity (Wildman–Crippen MR) is 48.1 cm³/mol. The van der Waals surface area contributed by atoms with Crippen LogP contribution in [0.1, 0.15) is 24.6 Å². The van der Waals surface area contributed by atoms with Crippen LogP contribution in [-0.4, -0.2) is 22.9 Å². The molecule has 2 rings (SSSR count). The molecule has 12 heavy (non-hydrogen) atoms. The fraction of sp³-hybridized carbons (Fsp3) is 0.667. The van der Waals surface area contributed by atoms with E-state index in [0.717, 1.165) is 18.8 Å². The zero-order valence-corrected chi connectivity index (χ0v) is 7.45. The second-order valence-corrected chi connectivity index (χ2v) is 3.44. The van der Waals surface area contributed by atoms with E-state index in [-0.39, 0.29) is 0 Å². The summed E-state index contributed by atoms with van der Waals surface area (Å²) in [5.74, 6) is 0. The molecule has 1 aliphatic rings. The lowest BCUT2D eigenvalue weighted by Crippen LogP contribution is -2.31. The number of aromatic nitrogens is 2. The van der Waals surface area contributed by atoms with E-state index in [9.17, 15) is 0 Å². The van der Waals surface area contributed by atoms with E-state index in [1.165, 1.54) is 12.8 Å². The van der Waals surface area contributed by atoms with Crippen LogP contribution in [0.5, 0.6) is 0 Å². The summed E-state index contributed by atoms with van der Waals surface area (Å²) in [6, 6.07) is 2.64. The average Bonchev–Trinajstić information content (AvgIpc) is 2.54. The Balaban J connectivity index is 2.08. The van der Waals surface area contributed by atoms with Crippen molar-refractivity contribution in [2.45, 2.75) is 25.8 Å². The van der Waals surface area contributed by atoms with Gasteiger partial charge in [0, 0.05) is 12.7 Å². The number of hydrogen-bond donors (Lipinski definition) is 1. The molecule has 1 fully saturated rings. The minimum absolute atomic E-state index is 0.576. The highest BCUT2D eigenvalue weighted by Crippen LogP contribution is 2.15. The molecular formula is C9H15N3. The van der Waals surface area contributed by atoms with Gasteiger partial charge in [-0.05, 0) is 32.4 Å². The normalized spacial score (nSPS) is 24.2. The van der Waals surface area contributed by atoms with E-state index in [1.54, 1.807) is 0 Å². The molecular weight excluding hydrogens is 150 g/mol. The smallest absolute Gasteiger partial charge is 0.0644 e. The summed E-state index contributed by atoms with van der Waals surface area (Å²) in [6.07, 6.45) is 4.60. The Morgan fingerprint density at radius 1 is 1.67 bits per heavy atom. The van der Waals surface area contributed by atoms with Crippen LogP contribution in [0.4, 0.5) is 0 Å². The summed E-state index contributed by atoms with van der Waals surface area (Å²) in [7, 11) is 0. The Kier molecular flexibility index (Phi) is 2.13. The Morgan fingerprint density at radius 2 is 2.58 bits per heavy atom. The summed E-state index contributed by atoms with van der Waals surface area (Å²) < 4.78 is 2.08. The van der Waals surface area contributed by atoms with Crippen molar-refractivity contribution in [2.24, 2.45) is 0 Å². The van der Waals surface area contributed by atoms with Crippen LogP contribution in [0.2, 0.25) is 0 Å². The molecule has 0 bridgehead atoms. The third kappa shape index (κ3) is 1.50. The molecule has 66 valence electrons. The predicted octanol–water partition coefficient (Wildman–Crippen LogP) is 1.12. The van der Waals surface area contributed by atoms with Gasteiger partial charge >= 0.3 is 0 Å². The SMILES string of the molecule is Cc1ccn(C2CCCNC2)n1. The third-order valence-corrected chi connectivity index (χ3v) is 2.39. The maximum atomic E-state index is 4.41. The summed E-state index contributed by atoms with van der Waals surface area (Å²) in [4.78, 5) is 0. The Labute approximate surface area is 72.8 Å². The second-order valence-electron chi connectivity index (χ2n) is 3.44. The topological polar surface area (TPSA) is 29.9 Å². The maximum absolute atomic E-state index is 4.41. The van der Waals surface area contributed by atoms with E-state index >= 15 is 0 Å². The zero-order valence-electron chi connectivity index (χ0n) is 7.45. The first-order chi connectivity index (χ1) is 5.86. The highest BCUT2D eigenvalue weighted by molar-refractivity contribution is 4.96. The van der Waals surface area contributed by atoms with E-state index in [2.05, 4.69) is 27.4 Å². The molecule has 1 atom stereocenters. The molecule has 1 saturated heterocycles. The number of aryl methyl sites for hydroxylation is 1. The van der Waals surface area contributed by atoms with Crippen molar-refractivity contribution in [3.05, 3.63) is 18.0 Å². The van der Waals surface area contributed by atoms with Gasteiger partial charge in [0.2, 0.25) is 0 Å². The van der Waals surface area contributed by atoms with Crippen LogP contribution >= 0.6 is 0 Å². The van der Waals surface area contributed by atoms with Crippen molar-refractivity contribution < 1.29 is 0 Å². The standard InChI is InChI=1S/C9H15N3/c1-8-4-6-12(11-8)9-3-2-5-10-7-9/h4,6,9-10H,2-3,5,7H2,1H3. The van der Waals surface area contributed by atoms with Gasteiger partial charge in [-0.3, -0.25) is 4.68 Å². The lowest BCUT2D eigenvalue weighted by Gasteiger charge is -2.22. The second kappa shape index (κ2) is 3.27. The molecule has 0 radical (unpaired) electrons. The number of hydrogen-bond acceptors (Lipinski definition) is 2. The molecule has 1 N–H and O–H groups in total. The van der Waals surface area contributed by atoms with Crippen molar-refractivity contribution in [1.29, 1.82) is 0 Å². The molecule has 0 aromatic carbocycles. The van der Waals surface area contributed by atoms with Gasteiger partial charge in [0.25, 0.3) is 0 Å². The maximum Gasteiger partial charge on any atom is 0.0644 e. The first-order valence-corrected chi connectivity index (χ1v) is 4.59. The van der Waals surface area contributed by atoms with E-state index in [4.69, 9.17) is 0 Å². The molecule has 0 saturated carbocycles. The van der Waals surface area contributed by atoms with E-state index in [0.29, 0.717) is 6.04 Å². The van der Waals surface area contributed by atoms with Gasteiger partial charge in [-0.1, -0.05) is 0 Å². The van der Waals surface area contributed by atoms with Crippen molar-refractivity contribution in [3.63, 3.8) is 0 Å². The van der Waals surface area contributed by atoms with Gasteiger partial charge in [-0.15, -0.1) is 0 Å². The van der Waals surface area contributed by atoms with Crippen molar-refractivity contribution in [1.82, 2.24) is 15.1 Å². The van der Waals surface area contributed by atoms with E-state index < -0.39 is 0 Å². The number of piperidine rings is 1. The van der Waals surface area contributed by atoms with E-state index in [1.807, 2.05) is 6.92 Å². The fourth-order valence-corrected chi connectivity index (χ4v) is 1.70. The molecule has 3 nitrogen and oxygen atoms in total. The van der Waals surface area contributed by atoms with Crippen LogP contribution in [0.3, 0.4) is 0 Å². The number of rotatable bonds is 1. The Bertz CT molecular complexity index is 248. The van der Waals surface area contributed by atoms with Gasteiger partial charge in [-0.2, -0.15) is 5.10 Å². The van der Waals surface area contributed by atoms with Crippen molar-refractivity contribution in [2.75, 3.05) is 13.1 Å². The molecule has 1 aliphatic heterocycles. The summed E-state index contributed by atoms with van der Waals surface area (Å²) in [6.45, 7) is 4.27. The molecule has 3 heteroatoms. The number of nitrogens with zero attached hydrogens (tertiary/aromatic N) is 2. The largest absolute Gasteiger partial charge is 0.315 e. The zero-order chi connectivity index (χ0) is 8.39. The van der Waals surface area contributed by atoms with Crippen LogP contribution < -0.4 is 5.32 Å². The summed E-state index contributed by atoms with van der Waals surface area (Å²) >= 11 is 0. The van der Waals surface area contributed by atoms with Gasteiger partial charge in [0.1, 0.15) is 0 Å². The lowest BCUT2D eigenvalue weighted by molar-refractivity contribution is 0.346. The minimum Gasteiger partial charge on any atom is -0.315 e. The van der Waals surface area contributed by atoms with Crippen LogP contribution in [0, 0.1) is 6.92 Å². The van der Waals surface area contributed by atoms with Gasteiger partial charge in [-0.25, -0.2) is 0 Å². The summed E-state index contributed by atoms with van der Waals surface area (Å²) in [5.41, 5.74) is 1.11. The van der Waals surface area contributed by atoms with Gasteiger partial charge < -0.3 is 5.32 Å². The van der Waals surface area contributed by atoms with Crippen LogP contribution in [0.25, 0.3) is 0 Å². The monoisotopic (exact) mass is 165 g/mol. The highest BCUT2D eigenvalue weighted by atomic mass is 15.3. The molecule has 1 unspecified atom stereocenters. The van der Waals surface area contributed by atoms with Gasteiger partial charge in [0.05, 0.1) is 11.7 Å². The Morgan fingerprint density at radius 3 is 3.17 bits per heavy atom. The third-order valence-electron chi connectivity index (χ3n) is 2.39. The van der Waals surface area contributed by atoms with Crippen molar-refractivity contribution in [3.8, 4) is 0 Å². The van der Waals surface area contributed by atoms with Gasteiger partial charge in [0.15, 0.2) is 0 Å². The minimum atomic E-state index is 0.576. The average molecular weight is 165 g/mol. The molecule has 2 heterocycles. The van der Waals surface area contributed by atoms with Crippen molar-refractivity contribution >= 4 is 0 Å². The molecule has 0 amide bonds.